The molecule has 0 aliphatic carbocycles. The van der Waals surface area contributed by atoms with Crippen LogP contribution in [0.2, 0.25) is 0 Å². The van der Waals surface area contributed by atoms with Crippen LogP contribution in [-0.4, -0.2) is 69.4 Å². The normalized spacial score (nSPS) is 20.7. The summed E-state index contributed by atoms with van der Waals surface area (Å²) in [5, 5.41) is 7.74. The lowest BCUT2D eigenvalue weighted by atomic mass is 10.0. The Morgan fingerprint density at radius 2 is 2.14 bits per heavy atom. The maximum Gasteiger partial charge on any atom is 0.358 e. The van der Waals surface area contributed by atoms with Crippen LogP contribution in [0.15, 0.2) is 34.0 Å². The Kier molecular flexibility index (Phi) is 8.51. The van der Waals surface area contributed by atoms with Crippen LogP contribution < -0.4 is 11.1 Å². The number of nitrogens with one attached hydrogen (secondary N) is 1. The average Bonchev–Trinajstić information content (AvgIpc) is 3.22. The van der Waals surface area contributed by atoms with E-state index in [1.807, 2.05) is 0 Å². The second-order valence-corrected chi connectivity index (χ2v) is 9.24. The molecule has 1 aromatic heterocycles. The van der Waals surface area contributed by atoms with Crippen molar-refractivity contribution in [1.29, 1.82) is 0 Å². The molecule has 2 aliphatic rings. The number of hydrogen-bond donors (Lipinski definition) is 2. The molecular weight excluding hydrogens is 498 g/mol. The average molecular weight is 524 g/mol. The van der Waals surface area contributed by atoms with Crippen molar-refractivity contribution >= 4 is 57.7 Å². The van der Waals surface area contributed by atoms with Gasteiger partial charge in [-0.2, -0.15) is 0 Å². The highest BCUT2D eigenvalue weighted by Crippen LogP contribution is 2.41. The number of nitrogen functional groups attached to an aromatic ring is 1. The van der Waals surface area contributed by atoms with Gasteiger partial charge in [0, 0.05) is 25.0 Å². The summed E-state index contributed by atoms with van der Waals surface area (Å²) >= 11 is 2.51. The summed E-state index contributed by atoms with van der Waals surface area (Å²) in [6, 6.07) is -0.920. The van der Waals surface area contributed by atoms with Gasteiger partial charge in [0.2, 0.25) is 6.29 Å². The quantitative estimate of drug-likeness (QED) is 0.158. The fraction of sp³-hybridized carbons (Fsp3) is 0.429. The number of thioether (sulfide) groups is 1. The maximum absolute atomic E-state index is 13.1. The van der Waals surface area contributed by atoms with Gasteiger partial charge in [-0.3, -0.25) is 19.3 Å². The largest absolute Gasteiger partial charge is 0.426 e. The van der Waals surface area contributed by atoms with Crippen molar-refractivity contribution in [2.45, 2.75) is 45.4 Å². The Labute approximate surface area is 209 Å². The van der Waals surface area contributed by atoms with E-state index in [0.29, 0.717) is 11.3 Å². The summed E-state index contributed by atoms with van der Waals surface area (Å²) in [7, 11) is 0. The molecule has 1 fully saturated rings. The van der Waals surface area contributed by atoms with Gasteiger partial charge in [0.05, 0.1) is 0 Å². The lowest BCUT2D eigenvalue weighted by Crippen LogP contribution is -2.71. The number of fused-ring (bicyclic) bond motifs is 1. The predicted molar refractivity (Wildman–Crippen MR) is 129 cm³/mol. The molecule has 35 heavy (non-hydrogen) atoms. The molecule has 3 N–H and O–H groups in total. The van der Waals surface area contributed by atoms with Crippen molar-refractivity contribution in [3.8, 4) is 0 Å². The molecule has 0 spiro atoms. The minimum absolute atomic E-state index is 0.0387. The van der Waals surface area contributed by atoms with Crippen LogP contribution in [0.5, 0.6) is 0 Å². The first kappa shape index (κ1) is 26.2. The lowest BCUT2D eigenvalue weighted by Gasteiger charge is -2.49. The first-order valence-electron chi connectivity index (χ1n) is 10.6. The zero-order chi connectivity index (χ0) is 25.7. The predicted octanol–water partition coefficient (Wildman–Crippen LogP) is 1.15. The van der Waals surface area contributed by atoms with Crippen LogP contribution in [0.4, 0.5) is 5.13 Å². The molecule has 0 radical (unpaired) electrons. The van der Waals surface area contributed by atoms with E-state index in [0.717, 1.165) is 11.3 Å². The van der Waals surface area contributed by atoms with Crippen LogP contribution in [0, 0.1) is 0 Å². The van der Waals surface area contributed by atoms with Crippen molar-refractivity contribution < 1.29 is 33.5 Å². The van der Waals surface area contributed by atoms with Gasteiger partial charge >= 0.3 is 11.9 Å². The van der Waals surface area contributed by atoms with Crippen LogP contribution >= 0.6 is 23.1 Å². The number of anilines is 1. The van der Waals surface area contributed by atoms with E-state index in [2.05, 4.69) is 15.5 Å². The van der Waals surface area contributed by atoms with E-state index in [1.165, 1.54) is 30.5 Å². The molecule has 0 saturated carbocycles. The zero-order valence-corrected chi connectivity index (χ0v) is 21.1. The fourth-order valence-corrected chi connectivity index (χ4v) is 5.23. The van der Waals surface area contributed by atoms with Gasteiger partial charge < -0.3 is 25.4 Å². The third-order valence-electron chi connectivity index (χ3n) is 4.72. The Bertz CT molecular complexity index is 1110. The number of allylic oxidation sites excluding steroid dienone is 2. The van der Waals surface area contributed by atoms with E-state index < -0.39 is 41.5 Å². The monoisotopic (exact) mass is 523 g/mol. The van der Waals surface area contributed by atoms with Gasteiger partial charge in [-0.1, -0.05) is 17.3 Å². The van der Waals surface area contributed by atoms with Crippen molar-refractivity contribution in [2.24, 2.45) is 5.16 Å². The Morgan fingerprint density at radius 3 is 2.74 bits per heavy atom. The van der Waals surface area contributed by atoms with E-state index in [-0.39, 0.29) is 28.8 Å². The number of carbonyl (C=O) groups is 4. The number of aromatic nitrogens is 1. The summed E-state index contributed by atoms with van der Waals surface area (Å²) in [5.74, 6) is -2.21. The van der Waals surface area contributed by atoms with Gasteiger partial charge in [-0.25, -0.2) is 9.78 Å². The molecule has 3 heterocycles. The van der Waals surface area contributed by atoms with Crippen molar-refractivity contribution in [1.82, 2.24) is 15.2 Å². The Hall–Kier alpha value is -3.39. The Morgan fingerprint density at radius 1 is 1.40 bits per heavy atom. The molecule has 3 atom stereocenters. The summed E-state index contributed by atoms with van der Waals surface area (Å²) in [4.78, 5) is 60.5. The lowest BCUT2D eigenvalue weighted by molar-refractivity contribution is -0.182. The molecule has 1 unspecified atom stereocenters. The van der Waals surface area contributed by atoms with Crippen LogP contribution in [-0.2, 0) is 33.5 Å². The van der Waals surface area contributed by atoms with Gasteiger partial charge in [0.1, 0.15) is 29.4 Å². The molecule has 0 bridgehead atoms. The Balaban J connectivity index is 1.80. The number of nitrogens with two attached hydrogens (primary N) is 1. The van der Waals surface area contributed by atoms with Crippen molar-refractivity contribution in [3.05, 3.63) is 34.5 Å². The number of esters is 2. The minimum Gasteiger partial charge on any atom is -0.426 e. The van der Waals surface area contributed by atoms with E-state index in [9.17, 15) is 19.2 Å². The summed E-state index contributed by atoms with van der Waals surface area (Å²) in [6.45, 7) is 6.30. The van der Waals surface area contributed by atoms with Gasteiger partial charge in [-0.05, 0) is 19.4 Å². The number of carbonyl (C=O) groups excluding carboxylic acids is 4. The summed E-state index contributed by atoms with van der Waals surface area (Å²) in [5.41, 5.74) is 6.38. The second kappa shape index (κ2) is 11.4. The molecule has 14 heteroatoms. The first-order valence-corrected chi connectivity index (χ1v) is 12.5. The fourth-order valence-electron chi connectivity index (χ4n) is 3.37. The molecule has 2 aliphatic heterocycles. The number of β-lactam (4-membered cyclic amide) rings is 1. The number of rotatable bonds is 9. The van der Waals surface area contributed by atoms with Gasteiger partial charge in [0.15, 0.2) is 10.8 Å². The summed E-state index contributed by atoms with van der Waals surface area (Å²) in [6.07, 6.45) is 2.30. The van der Waals surface area contributed by atoms with Gasteiger partial charge in [0.25, 0.3) is 11.8 Å². The molecule has 3 rings (SSSR count). The van der Waals surface area contributed by atoms with Gasteiger partial charge in [-0.15, -0.1) is 23.1 Å². The number of oxime groups is 1. The molecule has 188 valence electrons. The highest BCUT2D eigenvalue weighted by molar-refractivity contribution is 8.00. The second-order valence-electron chi connectivity index (χ2n) is 7.25. The van der Waals surface area contributed by atoms with Crippen LogP contribution in [0.1, 0.15) is 33.4 Å². The number of amides is 2. The molecule has 2 amide bonds. The number of hydrogen-bond acceptors (Lipinski definition) is 12. The zero-order valence-electron chi connectivity index (χ0n) is 19.5. The maximum atomic E-state index is 13.1. The molecular formula is C21H25N5O7S2. The highest BCUT2D eigenvalue weighted by atomic mass is 32.2. The number of ether oxygens (including phenoxy) is 2. The topological polar surface area (TPSA) is 163 Å². The third-order valence-corrected chi connectivity index (χ3v) is 6.69. The van der Waals surface area contributed by atoms with Crippen molar-refractivity contribution in [2.75, 3.05) is 18.1 Å². The smallest absolute Gasteiger partial charge is 0.358 e. The van der Waals surface area contributed by atoms with Crippen molar-refractivity contribution in [3.63, 3.8) is 0 Å². The van der Waals surface area contributed by atoms with E-state index in [4.69, 9.17) is 20.0 Å². The summed E-state index contributed by atoms with van der Waals surface area (Å²) < 4.78 is 10.1. The molecule has 12 nitrogen and oxygen atoms in total. The number of thiazole rings is 1. The van der Waals surface area contributed by atoms with Crippen LogP contribution in [0.25, 0.3) is 0 Å². The first-order chi connectivity index (χ1) is 16.7. The van der Waals surface area contributed by atoms with Crippen LogP contribution in [0.3, 0.4) is 0 Å². The highest BCUT2D eigenvalue weighted by Gasteiger charge is 2.54. The SMILES string of the molecule is CC=CC1=C(C(=O)OC(C)OC(C)=O)N2C(=O)[C@@H](NC(=O)C(=NOCC)c3csc(N)n3)[C@@H]2SC1. The third kappa shape index (κ3) is 5.82. The van der Waals surface area contributed by atoms with E-state index >= 15 is 0 Å². The molecule has 0 aromatic carbocycles. The number of nitrogens with zero attached hydrogens (tertiary/aromatic N) is 3. The molecule has 1 aromatic rings. The standard InChI is InChI=1S/C21H25N5O7S2/c1-5-7-12-8-34-19-15(18(29)26(19)16(12)20(30)33-11(4)32-10(3)27)24-17(28)14(25-31-6-2)13-9-35-21(22)23-13/h5,7,9,11,15,19H,6,8H2,1-4H3,(H2,22,23)(H,24,28)/t11?,15-,19+/m1/s1. The van der Waals surface area contributed by atoms with E-state index in [1.54, 1.807) is 31.4 Å². The minimum atomic E-state index is -1.14. The molecule has 1 saturated heterocycles.